The molecule has 0 spiro atoms. The number of rotatable bonds is 9. The Bertz CT molecular complexity index is 765. The fraction of sp³-hybridized carbons (Fsp3) is 0.450. The molecule has 3 N–H and O–H groups in total. The monoisotopic (exact) mass is 385 g/mol. The van der Waals surface area contributed by atoms with Gasteiger partial charge < -0.3 is 20.5 Å². The molecule has 0 saturated carbocycles. The number of benzene rings is 1. The summed E-state index contributed by atoms with van der Waals surface area (Å²) in [6.07, 6.45) is 4.41. The Balaban J connectivity index is 1.56. The molecule has 1 saturated heterocycles. The lowest BCUT2D eigenvalue weighted by atomic mass is 10.1. The van der Waals surface area contributed by atoms with Crippen LogP contribution in [0.4, 0.5) is 5.82 Å². The Labute approximate surface area is 165 Å². The Morgan fingerprint density at radius 1 is 1.21 bits per heavy atom. The third kappa shape index (κ3) is 5.98. The van der Waals surface area contributed by atoms with E-state index in [9.17, 15) is 4.79 Å². The van der Waals surface area contributed by atoms with Gasteiger partial charge in [0.25, 0.3) is 5.91 Å². The van der Waals surface area contributed by atoms with Crippen LogP contribution in [0.1, 0.15) is 16.8 Å². The number of nitrogens with zero attached hydrogens (tertiary/aromatic N) is 3. The zero-order valence-electron chi connectivity index (χ0n) is 15.9. The number of hydrogen-bond donors (Lipinski definition) is 3. The second-order valence-corrected chi connectivity index (χ2v) is 6.58. The van der Waals surface area contributed by atoms with Gasteiger partial charge in [0.15, 0.2) is 0 Å². The zero-order chi connectivity index (χ0) is 19.6. The van der Waals surface area contributed by atoms with E-state index in [1.54, 1.807) is 24.5 Å². The molecule has 28 heavy (non-hydrogen) atoms. The largest absolute Gasteiger partial charge is 0.395 e. The van der Waals surface area contributed by atoms with Crippen molar-refractivity contribution in [1.82, 2.24) is 20.2 Å². The van der Waals surface area contributed by atoms with Crippen molar-refractivity contribution in [3.05, 3.63) is 42.2 Å². The quantitative estimate of drug-likeness (QED) is 0.554. The molecule has 0 bridgehead atoms. The van der Waals surface area contributed by atoms with Crippen LogP contribution in [0.2, 0.25) is 0 Å². The van der Waals surface area contributed by atoms with Crippen LogP contribution < -0.4 is 10.6 Å². The van der Waals surface area contributed by atoms with Gasteiger partial charge in [-0.1, -0.05) is 12.1 Å². The van der Waals surface area contributed by atoms with E-state index in [4.69, 9.17) is 9.84 Å². The first-order valence-corrected chi connectivity index (χ1v) is 9.62. The molecule has 150 valence electrons. The Hall–Kier alpha value is -2.55. The normalized spacial score (nSPS) is 14.6. The molecule has 1 aliphatic heterocycles. The summed E-state index contributed by atoms with van der Waals surface area (Å²) in [6.45, 7) is 5.63. The highest BCUT2D eigenvalue weighted by molar-refractivity contribution is 5.95. The fourth-order valence-electron chi connectivity index (χ4n) is 3.03. The van der Waals surface area contributed by atoms with E-state index >= 15 is 0 Å². The number of anilines is 1. The summed E-state index contributed by atoms with van der Waals surface area (Å²) in [4.78, 5) is 23.4. The topological polar surface area (TPSA) is 99.6 Å². The van der Waals surface area contributed by atoms with Gasteiger partial charge in [-0.05, 0) is 25.1 Å². The van der Waals surface area contributed by atoms with Crippen molar-refractivity contribution in [2.75, 3.05) is 57.9 Å². The third-order valence-electron chi connectivity index (χ3n) is 4.51. The molecule has 0 atom stereocenters. The van der Waals surface area contributed by atoms with E-state index in [0.717, 1.165) is 57.2 Å². The Morgan fingerprint density at radius 3 is 2.89 bits per heavy atom. The number of carbonyl (C=O) groups excluding carboxylic acids is 1. The van der Waals surface area contributed by atoms with Crippen LogP contribution >= 0.6 is 0 Å². The number of amides is 1. The number of hydrogen-bond acceptors (Lipinski definition) is 7. The number of aromatic nitrogens is 2. The van der Waals surface area contributed by atoms with Crippen molar-refractivity contribution in [3.8, 4) is 11.3 Å². The van der Waals surface area contributed by atoms with E-state index in [1.165, 1.54) is 0 Å². The van der Waals surface area contributed by atoms with Gasteiger partial charge in [-0.3, -0.25) is 14.7 Å². The van der Waals surface area contributed by atoms with Gasteiger partial charge in [0, 0.05) is 37.3 Å². The second kappa shape index (κ2) is 10.7. The third-order valence-corrected chi connectivity index (χ3v) is 4.51. The Morgan fingerprint density at radius 2 is 2.07 bits per heavy atom. The number of carbonyl (C=O) groups is 1. The van der Waals surface area contributed by atoms with Gasteiger partial charge in [-0.2, -0.15) is 0 Å². The lowest BCUT2D eigenvalue weighted by Gasteiger charge is -2.26. The number of morpholine rings is 1. The molecule has 1 fully saturated rings. The van der Waals surface area contributed by atoms with Gasteiger partial charge >= 0.3 is 0 Å². The van der Waals surface area contributed by atoms with Crippen molar-refractivity contribution in [1.29, 1.82) is 0 Å². The maximum Gasteiger partial charge on any atom is 0.251 e. The molecular weight excluding hydrogens is 358 g/mol. The van der Waals surface area contributed by atoms with E-state index in [0.29, 0.717) is 11.3 Å². The van der Waals surface area contributed by atoms with Gasteiger partial charge in [0.1, 0.15) is 5.82 Å². The van der Waals surface area contributed by atoms with E-state index in [2.05, 4.69) is 25.5 Å². The molecule has 8 nitrogen and oxygen atoms in total. The first kappa shape index (κ1) is 20.2. The van der Waals surface area contributed by atoms with E-state index in [1.807, 2.05) is 12.1 Å². The fourth-order valence-corrected chi connectivity index (χ4v) is 3.03. The molecule has 2 heterocycles. The minimum absolute atomic E-state index is 0.0871. The van der Waals surface area contributed by atoms with Crippen molar-refractivity contribution in [3.63, 3.8) is 0 Å². The summed E-state index contributed by atoms with van der Waals surface area (Å²) in [5, 5.41) is 14.8. The second-order valence-electron chi connectivity index (χ2n) is 6.58. The summed E-state index contributed by atoms with van der Waals surface area (Å²) in [7, 11) is 0. The van der Waals surface area contributed by atoms with Crippen molar-refractivity contribution >= 4 is 11.7 Å². The SMILES string of the molecule is O=C(NCCO)c1cccc(-c2cncc(NCCCN3CCOCC3)n2)c1. The average molecular weight is 385 g/mol. The molecule has 1 amide bonds. The standard InChI is InChI=1S/C20H27N5O3/c26-10-6-23-20(27)17-4-1-3-16(13-17)18-14-21-15-19(24-18)22-5-2-7-25-8-11-28-12-9-25/h1,3-4,13-15,26H,2,5-12H2,(H,22,24)(H,23,27). The summed E-state index contributed by atoms with van der Waals surface area (Å²) in [5.74, 6) is 0.496. The van der Waals surface area contributed by atoms with Gasteiger partial charge in [0.05, 0.1) is 37.9 Å². The first-order valence-electron chi connectivity index (χ1n) is 9.62. The van der Waals surface area contributed by atoms with Gasteiger partial charge in [0.2, 0.25) is 0 Å². The number of aliphatic hydroxyl groups is 1. The first-order chi connectivity index (χ1) is 13.8. The van der Waals surface area contributed by atoms with E-state index < -0.39 is 0 Å². The maximum atomic E-state index is 12.1. The summed E-state index contributed by atoms with van der Waals surface area (Å²) >= 11 is 0. The molecule has 0 radical (unpaired) electrons. The van der Waals surface area contributed by atoms with Crippen LogP contribution in [0.15, 0.2) is 36.7 Å². The highest BCUT2D eigenvalue weighted by Crippen LogP contribution is 2.19. The van der Waals surface area contributed by atoms with Crippen molar-refractivity contribution in [2.45, 2.75) is 6.42 Å². The molecule has 8 heteroatoms. The van der Waals surface area contributed by atoms with Gasteiger partial charge in [-0.25, -0.2) is 4.98 Å². The molecule has 1 aromatic carbocycles. The molecule has 2 aromatic rings. The minimum Gasteiger partial charge on any atom is -0.395 e. The molecule has 1 aliphatic rings. The number of nitrogens with one attached hydrogen (secondary N) is 2. The predicted octanol–water partition coefficient (Wildman–Crippen LogP) is 1.000. The van der Waals surface area contributed by atoms with Gasteiger partial charge in [-0.15, -0.1) is 0 Å². The zero-order valence-corrected chi connectivity index (χ0v) is 15.9. The molecule has 3 rings (SSSR count). The highest BCUT2D eigenvalue weighted by atomic mass is 16.5. The van der Waals surface area contributed by atoms with Crippen LogP contribution in [0, 0.1) is 0 Å². The van der Waals surface area contributed by atoms with Crippen molar-refractivity contribution < 1.29 is 14.6 Å². The molecule has 1 aromatic heterocycles. The van der Waals surface area contributed by atoms with Crippen LogP contribution in [-0.4, -0.2) is 78.4 Å². The molecular formula is C20H27N5O3. The summed E-state index contributed by atoms with van der Waals surface area (Å²) in [6, 6.07) is 7.22. The minimum atomic E-state index is -0.221. The lowest BCUT2D eigenvalue weighted by molar-refractivity contribution is 0.0378. The smallest absolute Gasteiger partial charge is 0.251 e. The van der Waals surface area contributed by atoms with E-state index in [-0.39, 0.29) is 19.1 Å². The predicted molar refractivity (Wildman–Crippen MR) is 107 cm³/mol. The van der Waals surface area contributed by atoms with Crippen LogP contribution in [0.3, 0.4) is 0 Å². The summed E-state index contributed by atoms with van der Waals surface area (Å²) < 4.78 is 5.36. The highest BCUT2D eigenvalue weighted by Gasteiger charge is 2.10. The Kier molecular flexibility index (Phi) is 7.71. The molecule has 0 unspecified atom stereocenters. The van der Waals surface area contributed by atoms with Crippen LogP contribution in [0.5, 0.6) is 0 Å². The number of aliphatic hydroxyl groups excluding tert-OH is 1. The van der Waals surface area contributed by atoms with Crippen LogP contribution in [0.25, 0.3) is 11.3 Å². The average Bonchev–Trinajstić information content (AvgIpc) is 2.76. The van der Waals surface area contributed by atoms with Crippen LogP contribution in [-0.2, 0) is 4.74 Å². The lowest BCUT2D eigenvalue weighted by Crippen LogP contribution is -2.37. The van der Waals surface area contributed by atoms with Crippen molar-refractivity contribution in [2.24, 2.45) is 0 Å². The molecule has 0 aliphatic carbocycles. The maximum absolute atomic E-state index is 12.1. The number of ether oxygens (including phenoxy) is 1. The summed E-state index contributed by atoms with van der Waals surface area (Å²) in [5.41, 5.74) is 2.05.